The highest BCUT2D eigenvalue weighted by atomic mass is 32.1. The van der Waals surface area contributed by atoms with E-state index in [2.05, 4.69) is 20.4 Å². The van der Waals surface area contributed by atoms with Gasteiger partial charge in [0.15, 0.2) is 13.2 Å². The van der Waals surface area contributed by atoms with Crippen LogP contribution in [0.1, 0.15) is 55.4 Å². The second-order valence-corrected chi connectivity index (χ2v) is 10.4. The Bertz CT molecular complexity index is 953. The first-order valence-electron chi connectivity index (χ1n) is 11.8. The van der Waals surface area contributed by atoms with Crippen LogP contribution in [0.25, 0.3) is 0 Å². The van der Waals surface area contributed by atoms with Crippen molar-refractivity contribution < 1.29 is 27.6 Å². The third-order valence-electron chi connectivity index (χ3n) is 6.26. The number of aromatic nitrogens is 2. The number of fused-ring (bicyclic) bond motifs is 1. The first-order valence-corrected chi connectivity index (χ1v) is 12.6. The molecule has 2 aliphatic rings. The van der Waals surface area contributed by atoms with E-state index in [1.165, 1.54) is 11.3 Å². The van der Waals surface area contributed by atoms with Crippen molar-refractivity contribution in [2.75, 3.05) is 26.3 Å². The monoisotopic (exact) mass is 498 g/mol. The molecule has 1 amide bonds. The Hall–Kier alpha value is -2.27. The summed E-state index contributed by atoms with van der Waals surface area (Å²) in [4.78, 5) is 20.1. The van der Waals surface area contributed by atoms with Crippen LogP contribution in [0.4, 0.5) is 8.78 Å². The number of halogens is 2. The van der Waals surface area contributed by atoms with E-state index in [-0.39, 0.29) is 18.6 Å². The standard InChI is InChI=1S/C23H32F2N4O4S/c1-15-11-21(28-33-15)31-13-20(30)26-17-5-3-16(4-6-17)7-9-29-10-8-19-18(12-29)27-22(34-19)32-14-23(2,24)25/h11,16-17H,3-10,12-14H2,1-2H3,(H,26,30)/t16-,17-. The summed E-state index contributed by atoms with van der Waals surface area (Å²) >= 11 is 1.39. The van der Waals surface area contributed by atoms with Crippen molar-refractivity contribution in [1.82, 2.24) is 20.4 Å². The van der Waals surface area contributed by atoms with E-state index < -0.39 is 12.5 Å². The molecule has 0 spiro atoms. The summed E-state index contributed by atoms with van der Waals surface area (Å²) in [6.07, 6.45) is 6.12. The maximum absolute atomic E-state index is 13.0. The smallest absolute Gasteiger partial charge is 0.278 e. The Morgan fingerprint density at radius 2 is 2.12 bits per heavy atom. The molecule has 4 rings (SSSR count). The van der Waals surface area contributed by atoms with Gasteiger partial charge < -0.3 is 19.3 Å². The Morgan fingerprint density at radius 1 is 1.32 bits per heavy atom. The maximum atomic E-state index is 13.0. The van der Waals surface area contributed by atoms with E-state index in [9.17, 15) is 13.6 Å². The fourth-order valence-electron chi connectivity index (χ4n) is 4.45. The minimum atomic E-state index is -2.86. The maximum Gasteiger partial charge on any atom is 0.278 e. The van der Waals surface area contributed by atoms with Gasteiger partial charge in [-0.05, 0) is 63.1 Å². The Balaban J connectivity index is 1.12. The summed E-state index contributed by atoms with van der Waals surface area (Å²) in [7, 11) is 0. The first kappa shape index (κ1) is 24.8. The molecule has 188 valence electrons. The summed E-state index contributed by atoms with van der Waals surface area (Å²) in [6, 6.07) is 1.84. The number of ether oxygens (including phenoxy) is 2. The quantitative estimate of drug-likeness (QED) is 0.530. The molecule has 3 heterocycles. The lowest BCUT2D eigenvalue weighted by atomic mass is 9.84. The summed E-state index contributed by atoms with van der Waals surface area (Å²) in [6.45, 7) is 4.61. The van der Waals surface area contributed by atoms with Crippen LogP contribution in [0.15, 0.2) is 10.6 Å². The number of alkyl halides is 2. The van der Waals surface area contributed by atoms with E-state index in [0.717, 1.165) is 75.7 Å². The van der Waals surface area contributed by atoms with Gasteiger partial charge in [-0.25, -0.2) is 13.8 Å². The summed E-state index contributed by atoms with van der Waals surface area (Å²) < 4.78 is 41.5. The third kappa shape index (κ3) is 7.36. The largest absolute Gasteiger partial charge is 0.465 e. The highest BCUT2D eigenvalue weighted by Crippen LogP contribution is 2.32. The fraction of sp³-hybridized carbons (Fsp3) is 0.696. The molecule has 1 aliphatic carbocycles. The molecule has 1 aliphatic heterocycles. The second-order valence-electron chi connectivity index (χ2n) is 9.37. The van der Waals surface area contributed by atoms with E-state index in [1.54, 1.807) is 13.0 Å². The fourth-order valence-corrected chi connectivity index (χ4v) is 5.36. The highest BCUT2D eigenvalue weighted by Gasteiger charge is 2.27. The predicted octanol–water partition coefficient (Wildman–Crippen LogP) is 3.98. The molecule has 1 fully saturated rings. The normalized spacial score (nSPS) is 21.2. The summed E-state index contributed by atoms with van der Waals surface area (Å²) in [5.41, 5.74) is 0.958. The zero-order valence-corrected chi connectivity index (χ0v) is 20.5. The van der Waals surface area contributed by atoms with Crippen LogP contribution in [-0.2, 0) is 17.8 Å². The molecule has 2 aromatic rings. The van der Waals surface area contributed by atoms with Gasteiger partial charge in [0.1, 0.15) is 5.76 Å². The molecule has 1 saturated carbocycles. The SMILES string of the molecule is Cc1cc(OCC(=O)N[C@H]2CC[C@H](CCN3CCc4sc(OCC(C)(F)F)nc4C3)CC2)no1. The number of amides is 1. The number of thiazole rings is 1. The average Bonchev–Trinajstić information content (AvgIpc) is 3.40. The highest BCUT2D eigenvalue weighted by molar-refractivity contribution is 7.13. The average molecular weight is 499 g/mol. The minimum absolute atomic E-state index is 0.0624. The third-order valence-corrected chi connectivity index (χ3v) is 7.33. The summed E-state index contributed by atoms with van der Waals surface area (Å²) in [5, 5.41) is 7.12. The molecule has 11 heteroatoms. The van der Waals surface area contributed by atoms with Gasteiger partial charge in [0, 0.05) is 37.0 Å². The van der Waals surface area contributed by atoms with Crippen LogP contribution in [0.2, 0.25) is 0 Å². The zero-order valence-electron chi connectivity index (χ0n) is 19.6. The van der Waals surface area contributed by atoms with Crippen molar-refractivity contribution in [1.29, 1.82) is 0 Å². The predicted molar refractivity (Wildman–Crippen MR) is 122 cm³/mol. The summed E-state index contributed by atoms with van der Waals surface area (Å²) in [5.74, 6) is -1.38. The Morgan fingerprint density at radius 3 is 2.82 bits per heavy atom. The molecule has 0 unspecified atom stereocenters. The van der Waals surface area contributed by atoms with Crippen LogP contribution in [0.5, 0.6) is 11.1 Å². The van der Waals surface area contributed by atoms with Crippen molar-refractivity contribution in [3.63, 3.8) is 0 Å². The first-order chi connectivity index (χ1) is 16.2. The molecule has 2 aromatic heterocycles. The van der Waals surface area contributed by atoms with Gasteiger partial charge in [0.05, 0.1) is 5.69 Å². The number of nitrogens with zero attached hydrogens (tertiary/aromatic N) is 3. The van der Waals surface area contributed by atoms with Crippen LogP contribution in [-0.4, -0.2) is 59.2 Å². The van der Waals surface area contributed by atoms with Gasteiger partial charge in [-0.3, -0.25) is 9.69 Å². The van der Waals surface area contributed by atoms with Crippen molar-refractivity contribution >= 4 is 17.2 Å². The van der Waals surface area contributed by atoms with Crippen LogP contribution in [0, 0.1) is 12.8 Å². The Labute approximate surface area is 202 Å². The number of rotatable bonds is 10. The number of aryl methyl sites for hydroxylation is 1. The van der Waals surface area contributed by atoms with Crippen molar-refractivity contribution in [3.05, 3.63) is 22.4 Å². The lowest BCUT2D eigenvalue weighted by Crippen LogP contribution is -2.40. The van der Waals surface area contributed by atoms with E-state index in [0.29, 0.717) is 22.8 Å². The molecular weight excluding hydrogens is 466 g/mol. The number of hydrogen-bond acceptors (Lipinski definition) is 8. The van der Waals surface area contributed by atoms with Crippen molar-refractivity contribution in [2.24, 2.45) is 5.92 Å². The number of carbonyl (C=O) groups is 1. The number of nitrogens with one attached hydrogen (secondary N) is 1. The number of carbonyl (C=O) groups excluding carboxylic acids is 1. The zero-order chi connectivity index (χ0) is 24.1. The van der Waals surface area contributed by atoms with E-state index in [4.69, 9.17) is 14.0 Å². The van der Waals surface area contributed by atoms with Gasteiger partial charge in [-0.2, -0.15) is 0 Å². The molecule has 8 nitrogen and oxygen atoms in total. The van der Waals surface area contributed by atoms with Gasteiger partial charge in [0.25, 0.3) is 22.9 Å². The van der Waals surface area contributed by atoms with Gasteiger partial charge in [-0.15, -0.1) is 0 Å². The molecule has 34 heavy (non-hydrogen) atoms. The van der Waals surface area contributed by atoms with Crippen molar-refractivity contribution in [2.45, 2.75) is 70.9 Å². The Kier molecular flexibility index (Phi) is 8.02. The topological polar surface area (TPSA) is 89.7 Å². The molecule has 0 atom stereocenters. The van der Waals surface area contributed by atoms with E-state index in [1.807, 2.05) is 0 Å². The molecule has 0 aromatic carbocycles. The minimum Gasteiger partial charge on any atom is -0.465 e. The van der Waals surface area contributed by atoms with Gasteiger partial charge in [0.2, 0.25) is 0 Å². The molecule has 0 saturated heterocycles. The molecule has 1 N–H and O–H groups in total. The molecular formula is C23H32F2N4O4S. The number of hydrogen-bond donors (Lipinski definition) is 1. The lowest BCUT2D eigenvalue weighted by Gasteiger charge is -2.31. The van der Waals surface area contributed by atoms with Crippen molar-refractivity contribution in [3.8, 4) is 11.1 Å². The lowest BCUT2D eigenvalue weighted by molar-refractivity contribution is -0.124. The van der Waals surface area contributed by atoms with Gasteiger partial charge >= 0.3 is 0 Å². The van der Waals surface area contributed by atoms with Crippen LogP contribution >= 0.6 is 11.3 Å². The second kappa shape index (κ2) is 11.0. The van der Waals surface area contributed by atoms with E-state index >= 15 is 0 Å². The van der Waals surface area contributed by atoms with Crippen LogP contribution < -0.4 is 14.8 Å². The van der Waals surface area contributed by atoms with Gasteiger partial charge in [-0.1, -0.05) is 11.3 Å². The molecule has 0 bridgehead atoms. The van der Waals surface area contributed by atoms with Crippen LogP contribution in [0.3, 0.4) is 0 Å². The molecule has 0 radical (unpaired) electrons.